The number of hydrogen-bond acceptors (Lipinski definition) is 4. The minimum absolute atomic E-state index is 0.0657. The quantitative estimate of drug-likeness (QED) is 0.890. The zero-order valence-corrected chi connectivity index (χ0v) is 10.6. The zero-order valence-electron chi connectivity index (χ0n) is 9.81. The van der Waals surface area contributed by atoms with Crippen LogP contribution in [0, 0.1) is 28.4 Å². The maximum Gasteiger partial charge on any atom is 0.152 e. The highest BCUT2D eigenvalue weighted by molar-refractivity contribution is 7.91. The van der Waals surface area contributed by atoms with Gasteiger partial charge in [0.25, 0.3) is 0 Å². The van der Waals surface area contributed by atoms with Crippen LogP contribution in [0.2, 0.25) is 0 Å². The number of halogens is 2. The molecule has 7 heteroatoms. The van der Waals surface area contributed by atoms with Crippen molar-refractivity contribution >= 4 is 9.84 Å². The van der Waals surface area contributed by atoms with E-state index in [1.165, 1.54) is 0 Å². The smallest absolute Gasteiger partial charge is 0.152 e. The van der Waals surface area contributed by atoms with E-state index in [2.05, 4.69) is 0 Å². The van der Waals surface area contributed by atoms with E-state index in [0.717, 1.165) is 12.1 Å². The van der Waals surface area contributed by atoms with Crippen molar-refractivity contribution in [3.05, 3.63) is 35.4 Å². The summed E-state index contributed by atoms with van der Waals surface area (Å²) in [4.78, 5) is 0. The van der Waals surface area contributed by atoms with Gasteiger partial charge in [0.15, 0.2) is 9.84 Å². The van der Waals surface area contributed by atoms with Gasteiger partial charge in [-0.25, -0.2) is 17.2 Å². The van der Waals surface area contributed by atoms with Crippen LogP contribution in [-0.4, -0.2) is 25.0 Å². The van der Waals surface area contributed by atoms with Crippen molar-refractivity contribution in [1.29, 1.82) is 5.26 Å². The predicted molar refractivity (Wildman–Crippen MR) is 62.6 cm³/mol. The third-order valence-electron chi connectivity index (χ3n) is 3.34. The van der Waals surface area contributed by atoms with Crippen LogP contribution in [0.1, 0.15) is 18.1 Å². The Morgan fingerprint density at radius 2 is 2.11 bits per heavy atom. The molecule has 0 radical (unpaired) electrons. The van der Waals surface area contributed by atoms with Crippen LogP contribution in [0.15, 0.2) is 18.2 Å². The largest absolute Gasteiger partial charge is 0.387 e. The Balaban J connectivity index is 2.43. The van der Waals surface area contributed by atoms with Crippen molar-refractivity contribution in [1.82, 2.24) is 0 Å². The molecule has 1 aliphatic rings. The van der Waals surface area contributed by atoms with Gasteiger partial charge in [0.2, 0.25) is 0 Å². The zero-order chi connectivity index (χ0) is 14.3. The van der Waals surface area contributed by atoms with Gasteiger partial charge in [0.05, 0.1) is 17.6 Å². The summed E-state index contributed by atoms with van der Waals surface area (Å²) in [6.45, 7) is 0. The van der Waals surface area contributed by atoms with Gasteiger partial charge >= 0.3 is 0 Å². The molecule has 0 spiro atoms. The summed E-state index contributed by atoms with van der Waals surface area (Å²) in [6.07, 6.45) is -1.67. The minimum atomic E-state index is -3.42. The first kappa shape index (κ1) is 13.9. The number of benzene rings is 1. The molecule has 1 N–H and O–H groups in total. The monoisotopic (exact) mass is 287 g/mol. The summed E-state index contributed by atoms with van der Waals surface area (Å²) in [5.74, 6) is -2.54. The lowest BCUT2D eigenvalue weighted by molar-refractivity contribution is 0.0758. The maximum absolute atomic E-state index is 13.6. The van der Waals surface area contributed by atoms with Gasteiger partial charge in [-0.2, -0.15) is 5.26 Å². The van der Waals surface area contributed by atoms with Crippen LogP contribution in [0.5, 0.6) is 0 Å². The first-order chi connectivity index (χ1) is 8.80. The number of rotatable bonds is 2. The molecule has 1 aliphatic heterocycles. The van der Waals surface area contributed by atoms with E-state index in [1.807, 2.05) is 0 Å². The highest BCUT2D eigenvalue weighted by Crippen LogP contribution is 2.43. The lowest BCUT2D eigenvalue weighted by Crippen LogP contribution is -2.29. The molecule has 1 saturated heterocycles. The van der Waals surface area contributed by atoms with Crippen molar-refractivity contribution in [3.8, 4) is 6.07 Å². The van der Waals surface area contributed by atoms with Gasteiger partial charge in [0.1, 0.15) is 23.2 Å². The van der Waals surface area contributed by atoms with Crippen LogP contribution < -0.4 is 0 Å². The molecule has 19 heavy (non-hydrogen) atoms. The van der Waals surface area contributed by atoms with Gasteiger partial charge in [0, 0.05) is 11.6 Å². The second-order valence-electron chi connectivity index (χ2n) is 4.68. The summed E-state index contributed by atoms with van der Waals surface area (Å²) in [5.41, 5.74) is -1.84. The normalized spacial score (nSPS) is 26.8. The van der Waals surface area contributed by atoms with Crippen molar-refractivity contribution in [3.63, 3.8) is 0 Å². The molecule has 0 aromatic heterocycles. The Labute approximate surface area is 109 Å². The lowest BCUT2D eigenvalue weighted by atomic mass is 9.79. The second-order valence-corrected chi connectivity index (χ2v) is 6.86. The molecule has 2 rings (SSSR count). The number of nitrogens with zero attached hydrogens (tertiary/aromatic N) is 1. The Morgan fingerprint density at radius 3 is 2.58 bits per heavy atom. The fraction of sp³-hybridized carbons (Fsp3) is 0.417. The van der Waals surface area contributed by atoms with Gasteiger partial charge in [-0.05, 0) is 12.5 Å². The molecule has 4 nitrogen and oxygen atoms in total. The predicted octanol–water partition coefficient (Wildman–Crippen LogP) is 1.33. The molecule has 0 amide bonds. The Kier molecular flexibility index (Phi) is 3.32. The topological polar surface area (TPSA) is 78.2 Å². The number of nitriles is 1. The van der Waals surface area contributed by atoms with Crippen LogP contribution in [0.3, 0.4) is 0 Å². The molecule has 1 aromatic carbocycles. The van der Waals surface area contributed by atoms with E-state index >= 15 is 0 Å². The molecule has 1 aromatic rings. The molecule has 0 bridgehead atoms. The first-order valence-electron chi connectivity index (χ1n) is 5.54. The van der Waals surface area contributed by atoms with E-state index in [1.54, 1.807) is 6.07 Å². The lowest BCUT2D eigenvalue weighted by Gasteiger charge is -2.26. The molecule has 2 atom stereocenters. The number of aliphatic hydroxyl groups excluding tert-OH is 1. The summed E-state index contributed by atoms with van der Waals surface area (Å²) in [5, 5.41) is 19.3. The molecule has 1 fully saturated rings. The van der Waals surface area contributed by atoms with Gasteiger partial charge in [-0.3, -0.25) is 0 Å². The number of hydrogen-bond donors (Lipinski definition) is 1. The molecular formula is C12H11F2NO3S. The summed E-state index contributed by atoms with van der Waals surface area (Å²) in [6, 6.07) is 4.36. The van der Waals surface area contributed by atoms with Crippen LogP contribution >= 0.6 is 0 Å². The second kappa shape index (κ2) is 4.54. The average Bonchev–Trinajstić information content (AvgIpc) is 2.65. The van der Waals surface area contributed by atoms with Crippen LogP contribution in [0.4, 0.5) is 8.78 Å². The van der Waals surface area contributed by atoms with Crippen molar-refractivity contribution in [2.75, 3.05) is 11.5 Å². The molecule has 0 aliphatic carbocycles. The Bertz CT molecular complexity index is 653. The first-order valence-corrected chi connectivity index (χ1v) is 7.36. The molecule has 1 heterocycles. The molecular weight excluding hydrogens is 276 g/mol. The van der Waals surface area contributed by atoms with Crippen LogP contribution in [0.25, 0.3) is 0 Å². The van der Waals surface area contributed by atoms with E-state index in [0.29, 0.717) is 6.07 Å². The van der Waals surface area contributed by atoms with E-state index in [-0.39, 0.29) is 17.7 Å². The summed E-state index contributed by atoms with van der Waals surface area (Å²) in [7, 11) is -3.42. The summed E-state index contributed by atoms with van der Waals surface area (Å²) >= 11 is 0. The third-order valence-corrected chi connectivity index (χ3v) is 5.12. The Morgan fingerprint density at radius 1 is 1.42 bits per heavy atom. The van der Waals surface area contributed by atoms with E-state index < -0.39 is 38.7 Å². The summed E-state index contributed by atoms with van der Waals surface area (Å²) < 4.78 is 49.3. The highest BCUT2D eigenvalue weighted by atomic mass is 32.2. The van der Waals surface area contributed by atoms with Gasteiger partial charge in [-0.15, -0.1) is 0 Å². The fourth-order valence-electron chi connectivity index (χ4n) is 2.26. The average molecular weight is 287 g/mol. The number of aliphatic hydroxyl groups is 1. The van der Waals surface area contributed by atoms with Crippen LogP contribution in [-0.2, 0) is 9.84 Å². The van der Waals surface area contributed by atoms with Crippen molar-refractivity contribution < 1.29 is 22.3 Å². The Hall–Kier alpha value is -1.52. The SMILES string of the molecule is N#CC1(C(O)c2ccc(F)cc2F)CCS(=O)(=O)C1. The minimum Gasteiger partial charge on any atom is -0.387 e. The standard InChI is InChI=1S/C12H11F2NO3S/c13-8-1-2-9(10(14)5-8)11(16)12(6-15)3-4-19(17,18)7-12/h1-2,5,11,16H,3-4,7H2. The third kappa shape index (κ3) is 2.46. The molecule has 0 saturated carbocycles. The fourth-order valence-corrected chi connectivity index (χ4v) is 4.23. The van der Waals surface area contributed by atoms with Crippen molar-refractivity contribution in [2.24, 2.45) is 5.41 Å². The number of sulfone groups is 1. The van der Waals surface area contributed by atoms with E-state index in [9.17, 15) is 22.3 Å². The van der Waals surface area contributed by atoms with Crippen molar-refractivity contribution in [2.45, 2.75) is 12.5 Å². The molecule has 102 valence electrons. The maximum atomic E-state index is 13.6. The van der Waals surface area contributed by atoms with E-state index in [4.69, 9.17) is 5.26 Å². The van der Waals surface area contributed by atoms with Gasteiger partial charge in [-0.1, -0.05) is 6.07 Å². The molecule has 2 unspecified atom stereocenters. The highest BCUT2D eigenvalue weighted by Gasteiger charge is 2.49. The van der Waals surface area contributed by atoms with Gasteiger partial charge < -0.3 is 5.11 Å².